The summed E-state index contributed by atoms with van der Waals surface area (Å²) in [7, 11) is 0. The summed E-state index contributed by atoms with van der Waals surface area (Å²) < 4.78 is 0. The molecule has 0 spiro atoms. The van der Waals surface area contributed by atoms with Crippen molar-refractivity contribution in [2.75, 3.05) is 32.7 Å². The third-order valence-corrected chi connectivity index (χ3v) is 4.14. The molecule has 0 aromatic rings. The molecule has 4 heteroatoms. The molecule has 1 saturated carbocycles. The first kappa shape index (κ1) is 16.3. The fraction of sp³-hybridized carbons (Fsp3) is 0.933. The number of guanidine groups is 1. The number of nitrogens with zero attached hydrogens (tertiary/aromatic N) is 3. The molecule has 0 saturated heterocycles. The molecule has 0 atom stereocenters. The van der Waals surface area contributed by atoms with Crippen LogP contribution in [0.25, 0.3) is 0 Å². The molecule has 2 N–H and O–H groups in total. The summed E-state index contributed by atoms with van der Waals surface area (Å²) in [6, 6.07) is 0.483. The number of hydrogen-bond donors (Lipinski definition) is 1. The summed E-state index contributed by atoms with van der Waals surface area (Å²) in [6.45, 7) is 12.0. The van der Waals surface area contributed by atoms with E-state index in [-0.39, 0.29) is 0 Å². The second-order valence-corrected chi connectivity index (χ2v) is 5.39. The van der Waals surface area contributed by atoms with Crippen molar-refractivity contribution in [2.45, 2.75) is 58.9 Å². The maximum Gasteiger partial charge on any atom is 0.191 e. The molecule has 112 valence electrons. The zero-order valence-corrected chi connectivity index (χ0v) is 13.1. The lowest BCUT2D eigenvalue weighted by atomic mass is 10.3. The molecule has 4 nitrogen and oxygen atoms in total. The second kappa shape index (κ2) is 9.18. The predicted octanol–water partition coefficient (Wildman–Crippen LogP) is 2.30. The average molecular weight is 268 g/mol. The van der Waals surface area contributed by atoms with Gasteiger partial charge in [-0.1, -0.05) is 26.7 Å². The number of rotatable bonds is 8. The Balaban J connectivity index is 2.35. The van der Waals surface area contributed by atoms with Crippen LogP contribution >= 0.6 is 0 Å². The third kappa shape index (κ3) is 5.81. The fourth-order valence-electron chi connectivity index (χ4n) is 2.76. The lowest BCUT2D eigenvalue weighted by Crippen LogP contribution is -2.40. The first-order valence-electron chi connectivity index (χ1n) is 8.01. The first-order valence-corrected chi connectivity index (χ1v) is 8.01. The van der Waals surface area contributed by atoms with Gasteiger partial charge in [0.05, 0.1) is 6.04 Å². The standard InChI is InChI=1S/C15H32N4/c1-4-18(5-2)12-9-13-19(6-3)15(16)17-14-10-7-8-11-14/h14H,4-13H2,1-3H3,(H2,16,17). The van der Waals surface area contributed by atoms with Gasteiger partial charge in [-0.25, -0.2) is 4.99 Å². The zero-order valence-electron chi connectivity index (χ0n) is 13.1. The minimum Gasteiger partial charge on any atom is -0.370 e. The normalized spacial score (nSPS) is 17.4. The van der Waals surface area contributed by atoms with E-state index in [4.69, 9.17) is 10.7 Å². The predicted molar refractivity (Wildman–Crippen MR) is 83.5 cm³/mol. The highest BCUT2D eigenvalue weighted by atomic mass is 15.3. The Morgan fingerprint density at radius 1 is 1.05 bits per heavy atom. The van der Waals surface area contributed by atoms with Crippen molar-refractivity contribution in [3.05, 3.63) is 0 Å². The maximum absolute atomic E-state index is 6.15. The van der Waals surface area contributed by atoms with E-state index in [1.54, 1.807) is 0 Å². The fourth-order valence-corrected chi connectivity index (χ4v) is 2.76. The van der Waals surface area contributed by atoms with E-state index in [0.717, 1.165) is 45.1 Å². The van der Waals surface area contributed by atoms with Gasteiger partial charge in [0, 0.05) is 13.1 Å². The van der Waals surface area contributed by atoms with Gasteiger partial charge in [-0.2, -0.15) is 0 Å². The van der Waals surface area contributed by atoms with Crippen LogP contribution in [0.2, 0.25) is 0 Å². The molecule has 1 fully saturated rings. The van der Waals surface area contributed by atoms with Gasteiger partial charge < -0.3 is 15.5 Å². The van der Waals surface area contributed by atoms with E-state index in [9.17, 15) is 0 Å². The molecule has 1 rings (SSSR count). The molecule has 0 heterocycles. The Labute approximate surface area is 119 Å². The van der Waals surface area contributed by atoms with Crippen LogP contribution in [0.1, 0.15) is 52.9 Å². The first-order chi connectivity index (χ1) is 9.21. The van der Waals surface area contributed by atoms with Gasteiger partial charge in [-0.05, 0) is 45.8 Å². The molecule has 0 aromatic heterocycles. The average Bonchev–Trinajstić information content (AvgIpc) is 2.92. The van der Waals surface area contributed by atoms with E-state index in [1.165, 1.54) is 25.7 Å². The van der Waals surface area contributed by atoms with Crippen LogP contribution in [0.5, 0.6) is 0 Å². The molecule has 1 aliphatic carbocycles. The smallest absolute Gasteiger partial charge is 0.191 e. The van der Waals surface area contributed by atoms with Crippen LogP contribution in [0.3, 0.4) is 0 Å². The Bertz CT molecular complexity index is 255. The Hall–Kier alpha value is -0.770. The SMILES string of the molecule is CCN(CC)CCCN(CC)C(N)=NC1CCCC1. The highest BCUT2D eigenvalue weighted by molar-refractivity contribution is 5.78. The number of aliphatic imine (C=N–C) groups is 1. The molecule has 0 radical (unpaired) electrons. The van der Waals surface area contributed by atoms with Crippen molar-refractivity contribution in [2.24, 2.45) is 10.7 Å². The van der Waals surface area contributed by atoms with E-state index in [2.05, 4.69) is 30.6 Å². The van der Waals surface area contributed by atoms with E-state index < -0.39 is 0 Å². The molecule has 19 heavy (non-hydrogen) atoms. The largest absolute Gasteiger partial charge is 0.370 e. The van der Waals surface area contributed by atoms with Crippen LogP contribution in [0, 0.1) is 0 Å². The summed E-state index contributed by atoms with van der Waals surface area (Å²) in [5.74, 6) is 0.758. The van der Waals surface area contributed by atoms with E-state index in [0.29, 0.717) is 6.04 Å². The summed E-state index contributed by atoms with van der Waals surface area (Å²) >= 11 is 0. The molecule has 0 unspecified atom stereocenters. The van der Waals surface area contributed by atoms with Crippen molar-refractivity contribution >= 4 is 5.96 Å². The monoisotopic (exact) mass is 268 g/mol. The van der Waals surface area contributed by atoms with Gasteiger partial charge in [-0.3, -0.25) is 0 Å². The van der Waals surface area contributed by atoms with Gasteiger partial charge in [0.15, 0.2) is 5.96 Å². The number of hydrogen-bond acceptors (Lipinski definition) is 2. The molecule has 0 aromatic carbocycles. The van der Waals surface area contributed by atoms with Crippen molar-refractivity contribution in [3.63, 3.8) is 0 Å². The van der Waals surface area contributed by atoms with Crippen LogP contribution in [0.15, 0.2) is 4.99 Å². The summed E-state index contributed by atoms with van der Waals surface area (Å²) in [5.41, 5.74) is 6.15. The molecule has 0 bridgehead atoms. The molecular weight excluding hydrogens is 236 g/mol. The molecule has 0 aliphatic heterocycles. The van der Waals surface area contributed by atoms with Gasteiger partial charge >= 0.3 is 0 Å². The lowest BCUT2D eigenvalue weighted by molar-refractivity contribution is 0.283. The molecule has 0 amide bonds. The van der Waals surface area contributed by atoms with Crippen LogP contribution in [-0.4, -0.2) is 54.5 Å². The van der Waals surface area contributed by atoms with E-state index >= 15 is 0 Å². The quantitative estimate of drug-likeness (QED) is 0.543. The lowest BCUT2D eigenvalue weighted by Gasteiger charge is -2.25. The topological polar surface area (TPSA) is 44.9 Å². The van der Waals surface area contributed by atoms with Gasteiger partial charge in [0.2, 0.25) is 0 Å². The Morgan fingerprint density at radius 2 is 1.68 bits per heavy atom. The molecular formula is C15H32N4. The summed E-state index contributed by atoms with van der Waals surface area (Å²) in [6.07, 6.45) is 6.23. The van der Waals surface area contributed by atoms with Crippen LogP contribution < -0.4 is 5.73 Å². The maximum atomic E-state index is 6.15. The van der Waals surface area contributed by atoms with Gasteiger partial charge in [0.25, 0.3) is 0 Å². The number of nitrogens with two attached hydrogens (primary N) is 1. The van der Waals surface area contributed by atoms with Crippen molar-refractivity contribution < 1.29 is 0 Å². The van der Waals surface area contributed by atoms with Crippen molar-refractivity contribution in [1.29, 1.82) is 0 Å². The zero-order chi connectivity index (χ0) is 14.1. The van der Waals surface area contributed by atoms with E-state index in [1.807, 2.05) is 0 Å². The van der Waals surface area contributed by atoms with Crippen molar-refractivity contribution in [1.82, 2.24) is 9.80 Å². The highest BCUT2D eigenvalue weighted by Crippen LogP contribution is 2.20. The Kier molecular flexibility index (Phi) is 7.87. The minimum absolute atomic E-state index is 0.483. The summed E-state index contributed by atoms with van der Waals surface area (Å²) in [5, 5.41) is 0. The molecule has 1 aliphatic rings. The van der Waals surface area contributed by atoms with Crippen LogP contribution in [0.4, 0.5) is 0 Å². The van der Waals surface area contributed by atoms with Crippen molar-refractivity contribution in [3.8, 4) is 0 Å². The highest BCUT2D eigenvalue weighted by Gasteiger charge is 2.15. The summed E-state index contributed by atoms with van der Waals surface area (Å²) in [4.78, 5) is 9.37. The minimum atomic E-state index is 0.483. The van der Waals surface area contributed by atoms with Crippen LogP contribution in [-0.2, 0) is 0 Å². The second-order valence-electron chi connectivity index (χ2n) is 5.39. The van der Waals surface area contributed by atoms with Gasteiger partial charge in [0.1, 0.15) is 0 Å². The third-order valence-electron chi connectivity index (χ3n) is 4.14. The van der Waals surface area contributed by atoms with Gasteiger partial charge in [-0.15, -0.1) is 0 Å². The Morgan fingerprint density at radius 3 is 2.21 bits per heavy atom.